The number of H-pyrrole nitrogens is 1. The number of likely N-dealkylation sites (tertiary alicyclic amines) is 1. The van der Waals surface area contributed by atoms with Gasteiger partial charge in [0.2, 0.25) is 11.8 Å². The molecular formula is C18H24N6O2. The Morgan fingerprint density at radius 1 is 1.38 bits per heavy atom. The van der Waals surface area contributed by atoms with Crippen LogP contribution in [0.3, 0.4) is 0 Å². The highest BCUT2D eigenvalue weighted by Gasteiger charge is 2.32. The molecule has 2 amide bonds. The SMILES string of the molecule is CC(=O)NCc1ccnc([C@@H]2CCCN2C(=O)Cc2c(C)n[nH]c2C)n1. The molecule has 0 saturated carbocycles. The second-order valence-electron chi connectivity index (χ2n) is 6.65. The molecule has 2 aromatic heterocycles. The van der Waals surface area contributed by atoms with Crippen LogP contribution in [0.1, 0.15) is 54.3 Å². The number of aromatic amines is 1. The van der Waals surface area contributed by atoms with Crippen molar-refractivity contribution in [1.82, 2.24) is 30.4 Å². The molecule has 8 nitrogen and oxygen atoms in total. The third kappa shape index (κ3) is 3.89. The lowest BCUT2D eigenvalue weighted by Gasteiger charge is -2.24. The Kier molecular flexibility index (Phi) is 5.29. The summed E-state index contributed by atoms with van der Waals surface area (Å²) in [5.41, 5.74) is 3.49. The predicted octanol–water partition coefficient (Wildman–Crippen LogP) is 1.36. The molecule has 1 aliphatic rings. The van der Waals surface area contributed by atoms with Gasteiger partial charge in [-0.3, -0.25) is 14.7 Å². The van der Waals surface area contributed by atoms with Crippen LogP contribution >= 0.6 is 0 Å². The minimum atomic E-state index is -0.118. The van der Waals surface area contributed by atoms with E-state index in [1.807, 2.05) is 18.7 Å². The van der Waals surface area contributed by atoms with Gasteiger partial charge in [0.25, 0.3) is 0 Å². The third-order valence-corrected chi connectivity index (χ3v) is 4.73. The van der Waals surface area contributed by atoms with E-state index < -0.39 is 0 Å². The average molecular weight is 356 g/mol. The van der Waals surface area contributed by atoms with Crippen LogP contribution in [-0.2, 0) is 22.6 Å². The van der Waals surface area contributed by atoms with Gasteiger partial charge in [-0.25, -0.2) is 9.97 Å². The molecule has 0 unspecified atom stereocenters. The van der Waals surface area contributed by atoms with Crippen LogP contribution in [0.25, 0.3) is 0 Å². The average Bonchev–Trinajstić information content (AvgIpc) is 3.22. The molecule has 0 bridgehead atoms. The summed E-state index contributed by atoms with van der Waals surface area (Å²) in [6, 6.07) is 1.66. The van der Waals surface area contributed by atoms with E-state index in [-0.39, 0.29) is 17.9 Å². The van der Waals surface area contributed by atoms with Crippen LogP contribution in [0.2, 0.25) is 0 Å². The smallest absolute Gasteiger partial charge is 0.227 e. The van der Waals surface area contributed by atoms with Gasteiger partial charge in [0.1, 0.15) is 0 Å². The number of carbonyl (C=O) groups excluding carboxylic acids is 2. The minimum absolute atomic E-state index is 0.0657. The first-order valence-corrected chi connectivity index (χ1v) is 8.82. The van der Waals surface area contributed by atoms with Crippen molar-refractivity contribution in [2.24, 2.45) is 0 Å². The lowest BCUT2D eigenvalue weighted by molar-refractivity contribution is -0.131. The second kappa shape index (κ2) is 7.63. The molecule has 2 N–H and O–H groups in total. The van der Waals surface area contributed by atoms with E-state index in [0.29, 0.717) is 25.3 Å². The zero-order valence-corrected chi connectivity index (χ0v) is 15.4. The Morgan fingerprint density at radius 3 is 2.88 bits per heavy atom. The number of nitrogens with one attached hydrogen (secondary N) is 2. The van der Waals surface area contributed by atoms with Crippen molar-refractivity contribution < 1.29 is 9.59 Å². The maximum Gasteiger partial charge on any atom is 0.227 e. The summed E-state index contributed by atoms with van der Waals surface area (Å²) in [5.74, 6) is 0.601. The van der Waals surface area contributed by atoms with Crippen molar-refractivity contribution in [2.45, 2.75) is 52.6 Å². The summed E-state index contributed by atoms with van der Waals surface area (Å²) in [6.07, 6.45) is 3.79. The van der Waals surface area contributed by atoms with Crippen molar-refractivity contribution in [2.75, 3.05) is 6.54 Å². The van der Waals surface area contributed by atoms with Crippen molar-refractivity contribution >= 4 is 11.8 Å². The van der Waals surface area contributed by atoms with Gasteiger partial charge in [-0.1, -0.05) is 0 Å². The molecule has 0 spiro atoms. The first-order valence-electron chi connectivity index (χ1n) is 8.82. The van der Waals surface area contributed by atoms with Crippen LogP contribution < -0.4 is 5.32 Å². The topological polar surface area (TPSA) is 104 Å². The normalized spacial score (nSPS) is 16.7. The Bertz CT molecular complexity index is 796. The van der Waals surface area contributed by atoms with Crippen molar-refractivity contribution in [3.63, 3.8) is 0 Å². The standard InChI is InChI=1S/C18H24N6O2/c1-11-15(12(2)23-22-11)9-17(26)24-8-4-5-16(24)18-19-7-6-14(21-18)10-20-13(3)25/h6-7,16H,4-5,8-10H2,1-3H3,(H,20,25)(H,22,23)/t16-/m0/s1. The first-order chi connectivity index (χ1) is 12.5. The van der Waals surface area contributed by atoms with Gasteiger partial charge >= 0.3 is 0 Å². The summed E-state index contributed by atoms with van der Waals surface area (Å²) >= 11 is 0. The molecule has 0 aliphatic carbocycles. The lowest BCUT2D eigenvalue weighted by atomic mass is 10.1. The molecule has 1 aliphatic heterocycles. The van der Waals surface area contributed by atoms with E-state index in [1.165, 1.54) is 6.92 Å². The monoisotopic (exact) mass is 356 g/mol. The predicted molar refractivity (Wildman–Crippen MR) is 95.0 cm³/mol. The van der Waals surface area contributed by atoms with Crippen LogP contribution in [-0.4, -0.2) is 43.4 Å². The number of rotatable bonds is 5. The summed E-state index contributed by atoms with van der Waals surface area (Å²) in [6.45, 7) is 6.37. The lowest BCUT2D eigenvalue weighted by Crippen LogP contribution is -2.33. The Morgan fingerprint density at radius 2 is 2.19 bits per heavy atom. The molecule has 2 aromatic rings. The van der Waals surface area contributed by atoms with Crippen LogP contribution in [0, 0.1) is 13.8 Å². The van der Waals surface area contributed by atoms with Gasteiger partial charge in [0.05, 0.1) is 30.4 Å². The maximum atomic E-state index is 12.9. The molecule has 1 atom stereocenters. The van der Waals surface area contributed by atoms with Crippen molar-refractivity contribution in [3.05, 3.63) is 40.7 Å². The number of carbonyl (C=O) groups is 2. The quantitative estimate of drug-likeness (QED) is 0.842. The zero-order valence-electron chi connectivity index (χ0n) is 15.4. The number of hydrogen-bond acceptors (Lipinski definition) is 5. The van der Waals surface area contributed by atoms with E-state index in [9.17, 15) is 9.59 Å². The molecule has 26 heavy (non-hydrogen) atoms. The van der Waals surface area contributed by atoms with Gasteiger partial charge in [0, 0.05) is 30.9 Å². The Hall–Kier alpha value is -2.77. The van der Waals surface area contributed by atoms with Gasteiger partial charge in [-0.05, 0) is 32.8 Å². The highest BCUT2D eigenvalue weighted by atomic mass is 16.2. The van der Waals surface area contributed by atoms with Gasteiger partial charge in [-0.15, -0.1) is 0 Å². The fourth-order valence-electron chi connectivity index (χ4n) is 3.31. The molecule has 1 fully saturated rings. The maximum absolute atomic E-state index is 12.9. The molecule has 0 aromatic carbocycles. The van der Waals surface area contributed by atoms with Crippen LogP contribution in [0.5, 0.6) is 0 Å². The number of nitrogens with zero attached hydrogens (tertiary/aromatic N) is 4. The number of hydrogen-bond donors (Lipinski definition) is 2. The molecule has 3 rings (SSSR count). The fourth-order valence-corrected chi connectivity index (χ4v) is 3.31. The molecule has 0 radical (unpaired) electrons. The minimum Gasteiger partial charge on any atom is -0.351 e. The highest BCUT2D eigenvalue weighted by Crippen LogP contribution is 2.30. The van der Waals surface area contributed by atoms with Crippen LogP contribution in [0.15, 0.2) is 12.3 Å². The Labute approximate surface area is 152 Å². The van der Waals surface area contributed by atoms with E-state index in [0.717, 1.165) is 35.5 Å². The van der Waals surface area contributed by atoms with Crippen molar-refractivity contribution in [1.29, 1.82) is 0 Å². The van der Waals surface area contributed by atoms with Crippen molar-refractivity contribution in [3.8, 4) is 0 Å². The molecule has 1 saturated heterocycles. The van der Waals surface area contributed by atoms with Gasteiger partial charge in [0.15, 0.2) is 5.82 Å². The fraction of sp³-hybridized carbons (Fsp3) is 0.500. The second-order valence-corrected chi connectivity index (χ2v) is 6.65. The molecular weight excluding hydrogens is 332 g/mol. The molecule has 138 valence electrons. The van der Waals surface area contributed by atoms with E-state index in [4.69, 9.17) is 0 Å². The number of aryl methyl sites for hydroxylation is 2. The highest BCUT2D eigenvalue weighted by molar-refractivity contribution is 5.80. The van der Waals surface area contributed by atoms with E-state index >= 15 is 0 Å². The summed E-state index contributed by atoms with van der Waals surface area (Å²) < 4.78 is 0. The summed E-state index contributed by atoms with van der Waals surface area (Å²) in [4.78, 5) is 34.8. The van der Waals surface area contributed by atoms with E-state index in [1.54, 1.807) is 12.3 Å². The van der Waals surface area contributed by atoms with Gasteiger partial charge in [-0.2, -0.15) is 5.10 Å². The Balaban J connectivity index is 1.74. The van der Waals surface area contributed by atoms with E-state index in [2.05, 4.69) is 25.5 Å². The molecule has 8 heteroatoms. The largest absolute Gasteiger partial charge is 0.351 e. The first kappa shape index (κ1) is 18.0. The zero-order chi connectivity index (χ0) is 18.7. The summed E-state index contributed by atoms with van der Waals surface area (Å²) in [7, 11) is 0. The third-order valence-electron chi connectivity index (χ3n) is 4.73. The number of aromatic nitrogens is 4. The number of amides is 2. The van der Waals surface area contributed by atoms with Gasteiger partial charge < -0.3 is 10.2 Å². The summed E-state index contributed by atoms with van der Waals surface area (Å²) in [5, 5.41) is 9.83. The molecule has 3 heterocycles. The van der Waals surface area contributed by atoms with Crippen LogP contribution in [0.4, 0.5) is 0 Å².